The average Bonchev–Trinajstić information content (AvgIpc) is 2.84. The van der Waals surface area contributed by atoms with Crippen LogP contribution in [0.15, 0.2) is 5.16 Å². The zero-order valence-electron chi connectivity index (χ0n) is 12.6. The molecule has 118 valence electrons. The Balaban J connectivity index is 2.65. The number of amides is 1. The summed E-state index contributed by atoms with van der Waals surface area (Å²) >= 11 is 1.12. The molecule has 0 aliphatic carbocycles. The molecular weight excluding hydrogens is 292 g/mol. The van der Waals surface area contributed by atoms with Gasteiger partial charge in [0.05, 0.1) is 5.75 Å². The normalized spacial score (nSPS) is 12.1. The minimum atomic E-state index is -0.901. The molecule has 0 spiro atoms. The van der Waals surface area contributed by atoms with Crippen molar-refractivity contribution in [2.24, 2.45) is 0 Å². The Kier molecular flexibility index (Phi) is 7.21. The van der Waals surface area contributed by atoms with Crippen LogP contribution >= 0.6 is 11.8 Å². The van der Waals surface area contributed by atoms with Gasteiger partial charge in [-0.3, -0.25) is 9.59 Å². The summed E-state index contributed by atoms with van der Waals surface area (Å²) in [5, 5.41) is 20.2. The lowest BCUT2D eigenvalue weighted by Gasteiger charge is -2.12. The van der Waals surface area contributed by atoms with Crippen LogP contribution in [0.1, 0.15) is 39.4 Å². The highest BCUT2D eigenvalue weighted by Gasteiger charge is 2.14. The predicted octanol–water partition coefficient (Wildman–Crippen LogP) is 1.32. The first-order valence-electron chi connectivity index (χ1n) is 7.03. The van der Waals surface area contributed by atoms with Crippen molar-refractivity contribution in [1.29, 1.82) is 0 Å². The van der Waals surface area contributed by atoms with Crippen molar-refractivity contribution in [2.45, 2.75) is 57.8 Å². The van der Waals surface area contributed by atoms with Gasteiger partial charge in [-0.25, -0.2) is 0 Å². The number of aliphatic carboxylic acids is 1. The number of nitrogens with zero attached hydrogens (tertiary/aromatic N) is 3. The summed E-state index contributed by atoms with van der Waals surface area (Å²) in [7, 11) is 0. The molecule has 1 unspecified atom stereocenters. The van der Waals surface area contributed by atoms with Crippen LogP contribution in [0.25, 0.3) is 0 Å². The van der Waals surface area contributed by atoms with E-state index in [1.165, 1.54) is 0 Å². The van der Waals surface area contributed by atoms with Crippen LogP contribution in [0.3, 0.4) is 0 Å². The molecule has 0 fully saturated rings. The van der Waals surface area contributed by atoms with Gasteiger partial charge < -0.3 is 15.0 Å². The number of carboxylic acids is 1. The molecule has 0 bridgehead atoms. The van der Waals surface area contributed by atoms with Gasteiger partial charge in [0.15, 0.2) is 5.16 Å². The van der Waals surface area contributed by atoms with E-state index in [4.69, 9.17) is 5.11 Å². The molecule has 0 aliphatic heterocycles. The molecule has 21 heavy (non-hydrogen) atoms. The SMILES string of the molecule is CCc1nnc(SCC(=O)O)n1CCC(=O)NC(C)CC. The van der Waals surface area contributed by atoms with Gasteiger partial charge in [0.1, 0.15) is 5.82 Å². The van der Waals surface area contributed by atoms with Gasteiger partial charge in [0.2, 0.25) is 5.91 Å². The Morgan fingerprint density at radius 1 is 1.38 bits per heavy atom. The Morgan fingerprint density at radius 3 is 2.67 bits per heavy atom. The summed E-state index contributed by atoms with van der Waals surface area (Å²) in [5.74, 6) is -0.225. The maximum absolute atomic E-state index is 11.8. The van der Waals surface area contributed by atoms with Crippen molar-refractivity contribution in [1.82, 2.24) is 20.1 Å². The number of rotatable bonds is 9. The summed E-state index contributed by atoms with van der Waals surface area (Å²) in [4.78, 5) is 22.5. The summed E-state index contributed by atoms with van der Waals surface area (Å²) in [6.07, 6.45) is 1.90. The van der Waals surface area contributed by atoms with E-state index in [2.05, 4.69) is 15.5 Å². The third-order valence-electron chi connectivity index (χ3n) is 3.02. The van der Waals surface area contributed by atoms with E-state index in [0.717, 1.165) is 24.0 Å². The smallest absolute Gasteiger partial charge is 0.313 e. The van der Waals surface area contributed by atoms with Crippen molar-refractivity contribution >= 4 is 23.6 Å². The number of thioether (sulfide) groups is 1. The molecule has 0 saturated heterocycles. The lowest BCUT2D eigenvalue weighted by atomic mass is 10.2. The minimum absolute atomic E-state index is 0.0192. The summed E-state index contributed by atoms with van der Waals surface area (Å²) in [6, 6.07) is 0.157. The first-order chi connectivity index (χ1) is 9.97. The third-order valence-corrected chi connectivity index (χ3v) is 3.97. The second-order valence-electron chi connectivity index (χ2n) is 4.71. The maximum Gasteiger partial charge on any atom is 0.313 e. The largest absolute Gasteiger partial charge is 0.481 e. The highest BCUT2D eigenvalue weighted by Crippen LogP contribution is 2.17. The number of carbonyl (C=O) groups excluding carboxylic acids is 1. The van der Waals surface area contributed by atoms with Gasteiger partial charge in [0.25, 0.3) is 0 Å². The molecule has 7 nitrogen and oxygen atoms in total. The average molecular weight is 314 g/mol. The molecule has 1 atom stereocenters. The lowest BCUT2D eigenvalue weighted by molar-refractivity contribution is -0.134. The van der Waals surface area contributed by atoms with Crippen LogP contribution in [-0.2, 0) is 22.6 Å². The van der Waals surface area contributed by atoms with E-state index in [1.54, 1.807) is 0 Å². The maximum atomic E-state index is 11.8. The van der Waals surface area contributed by atoms with Crippen LogP contribution in [0.4, 0.5) is 0 Å². The van der Waals surface area contributed by atoms with E-state index in [9.17, 15) is 9.59 Å². The third kappa shape index (κ3) is 5.74. The van der Waals surface area contributed by atoms with Crippen LogP contribution in [0.2, 0.25) is 0 Å². The highest BCUT2D eigenvalue weighted by atomic mass is 32.2. The second-order valence-corrected chi connectivity index (χ2v) is 5.66. The molecule has 1 heterocycles. The Hall–Kier alpha value is -1.57. The first-order valence-corrected chi connectivity index (χ1v) is 8.02. The minimum Gasteiger partial charge on any atom is -0.481 e. The van der Waals surface area contributed by atoms with Gasteiger partial charge in [-0.05, 0) is 13.3 Å². The molecule has 1 aromatic rings. The van der Waals surface area contributed by atoms with Crippen molar-refractivity contribution in [2.75, 3.05) is 5.75 Å². The molecule has 0 radical (unpaired) electrons. The van der Waals surface area contributed by atoms with Crippen LogP contribution in [-0.4, -0.2) is 43.5 Å². The fourth-order valence-corrected chi connectivity index (χ4v) is 2.40. The van der Waals surface area contributed by atoms with E-state index in [0.29, 0.717) is 24.5 Å². The molecule has 0 aliphatic rings. The Bertz CT molecular complexity index is 490. The van der Waals surface area contributed by atoms with E-state index >= 15 is 0 Å². The fourth-order valence-electron chi connectivity index (χ4n) is 1.70. The van der Waals surface area contributed by atoms with Gasteiger partial charge in [-0.15, -0.1) is 10.2 Å². The molecule has 1 aromatic heterocycles. The molecule has 1 rings (SSSR count). The van der Waals surface area contributed by atoms with Crippen molar-refractivity contribution in [3.8, 4) is 0 Å². The molecule has 0 aromatic carbocycles. The van der Waals surface area contributed by atoms with E-state index in [-0.39, 0.29) is 17.7 Å². The van der Waals surface area contributed by atoms with Gasteiger partial charge in [-0.1, -0.05) is 25.6 Å². The lowest BCUT2D eigenvalue weighted by Crippen LogP contribution is -2.32. The molecule has 1 amide bonds. The monoisotopic (exact) mass is 314 g/mol. The van der Waals surface area contributed by atoms with Crippen molar-refractivity contribution in [3.63, 3.8) is 0 Å². The van der Waals surface area contributed by atoms with Crippen molar-refractivity contribution < 1.29 is 14.7 Å². The quantitative estimate of drug-likeness (QED) is 0.667. The Morgan fingerprint density at radius 2 is 2.10 bits per heavy atom. The van der Waals surface area contributed by atoms with Gasteiger partial charge in [-0.2, -0.15) is 0 Å². The number of carbonyl (C=O) groups is 2. The Labute approximate surface area is 128 Å². The zero-order chi connectivity index (χ0) is 15.8. The van der Waals surface area contributed by atoms with Crippen LogP contribution in [0.5, 0.6) is 0 Å². The molecular formula is C13H22N4O3S. The molecule has 8 heteroatoms. The first kappa shape index (κ1) is 17.5. The van der Waals surface area contributed by atoms with E-state index < -0.39 is 5.97 Å². The van der Waals surface area contributed by atoms with Crippen LogP contribution < -0.4 is 5.32 Å². The van der Waals surface area contributed by atoms with Crippen molar-refractivity contribution in [3.05, 3.63) is 5.82 Å². The molecule has 0 saturated carbocycles. The molecule has 2 N–H and O–H groups in total. The number of aromatic nitrogens is 3. The summed E-state index contributed by atoms with van der Waals surface area (Å²) in [6.45, 7) is 6.38. The standard InChI is InChI=1S/C13H22N4O3S/c1-4-9(3)14-11(18)6-7-17-10(5-2)15-16-13(17)21-8-12(19)20/h9H,4-8H2,1-3H3,(H,14,18)(H,19,20). The summed E-state index contributed by atoms with van der Waals surface area (Å²) < 4.78 is 1.82. The topological polar surface area (TPSA) is 97.1 Å². The number of carboxylic acid groups (broad SMARTS) is 1. The van der Waals surface area contributed by atoms with Gasteiger partial charge >= 0.3 is 5.97 Å². The highest BCUT2D eigenvalue weighted by molar-refractivity contribution is 7.99. The van der Waals surface area contributed by atoms with E-state index in [1.807, 2.05) is 25.3 Å². The second kappa shape index (κ2) is 8.66. The van der Waals surface area contributed by atoms with Gasteiger partial charge in [0, 0.05) is 25.4 Å². The number of aryl methyl sites for hydroxylation is 1. The number of hydrogen-bond donors (Lipinski definition) is 2. The predicted molar refractivity (Wildman–Crippen MR) is 80.3 cm³/mol. The number of hydrogen-bond acceptors (Lipinski definition) is 5. The van der Waals surface area contributed by atoms with Crippen LogP contribution in [0, 0.1) is 0 Å². The fraction of sp³-hybridized carbons (Fsp3) is 0.692. The zero-order valence-corrected chi connectivity index (χ0v) is 13.4. The number of nitrogens with one attached hydrogen (secondary N) is 1. The summed E-state index contributed by atoms with van der Waals surface area (Å²) in [5.41, 5.74) is 0.